The van der Waals surface area contributed by atoms with Crippen molar-refractivity contribution in [1.29, 1.82) is 0 Å². The quantitative estimate of drug-likeness (QED) is 0.855. The highest BCUT2D eigenvalue weighted by Gasteiger charge is 2.15. The fourth-order valence-electron chi connectivity index (χ4n) is 1.31. The van der Waals surface area contributed by atoms with Crippen LogP contribution in [0.1, 0.15) is 24.8 Å². The smallest absolute Gasteiger partial charge is 0.236 e. The first-order chi connectivity index (χ1) is 7.04. The van der Waals surface area contributed by atoms with Gasteiger partial charge in [0.05, 0.1) is 10.4 Å². The molecule has 0 spiro atoms. The van der Waals surface area contributed by atoms with Gasteiger partial charge in [-0.1, -0.05) is 11.6 Å². The van der Waals surface area contributed by atoms with Crippen molar-refractivity contribution >= 4 is 28.8 Å². The van der Waals surface area contributed by atoms with Crippen LogP contribution >= 0.6 is 22.9 Å². The van der Waals surface area contributed by atoms with Crippen molar-refractivity contribution < 1.29 is 4.79 Å². The number of thiophene rings is 1. The summed E-state index contributed by atoms with van der Waals surface area (Å²) in [6.45, 7) is 3.85. The molecule has 0 aliphatic rings. The molecule has 1 unspecified atom stereocenters. The maximum Gasteiger partial charge on any atom is 0.236 e. The third-order valence-electron chi connectivity index (χ3n) is 2.16. The number of hydrogen-bond donors (Lipinski definition) is 2. The summed E-state index contributed by atoms with van der Waals surface area (Å²) in [7, 11) is 1.63. The number of likely N-dealkylation sites (N-methyl/N-ethyl adjacent to an activating group) is 1. The predicted molar refractivity (Wildman–Crippen MR) is 64.4 cm³/mol. The third kappa shape index (κ3) is 3.48. The highest BCUT2D eigenvalue weighted by atomic mass is 35.5. The molecule has 15 heavy (non-hydrogen) atoms. The zero-order chi connectivity index (χ0) is 11.4. The van der Waals surface area contributed by atoms with E-state index in [0.717, 1.165) is 9.21 Å². The van der Waals surface area contributed by atoms with Gasteiger partial charge < -0.3 is 5.32 Å². The van der Waals surface area contributed by atoms with Crippen LogP contribution in [-0.2, 0) is 4.79 Å². The van der Waals surface area contributed by atoms with Crippen LogP contribution < -0.4 is 10.6 Å². The van der Waals surface area contributed by atoms with Crippen LogP contribution in [0.4, 0.5) is 0 Å². The van der Waals surface area contributed by atoms with Gasteiger partial charge in [0.2, 0.25) is 5.91 Å². The van der Waals surface area contributed by atoms with E-state index in [2.05, 4.69) is 10.6 Å². The SMILES string of the molecule is CNC(=O)[C@@H](C)NC(C)c1ccc(Cl)s1. The highest BCUT2D eigenvalue weighted by molar-refractivity contribution is 7.16. The molecule has 1 aromatic heterocycles. The molecule has 0 saturated heterocycles. The summed E-state index contributed by atoms with van der Waals surface area (Å²) < 4.78 is 0.770. The van der Waals surface area contributed by atoms with Crippen molar-refractivity contribution in [3.05, 3.63) is 21.3 Å². The Labute approximate surface area is 98.8 Å². The van der Waals surface area contributed by atoms with Crippen molar-refractivity contribution in [2.24, 2.45) is 0 Å². The molecule has 1 heterocycles. The van der Waals surface area contributed by atoms with E-state index >= 15 is 0 Å². The average molecular weight is 247 g/mol. The van der Waals surface area contributed by atoms with E-state index in [0.29, 0.717) is 0 Å². The standard InChI is InChI=1S/C10H15ClN2OS/c1-6(8-4-5-9(11)15-8)13-7(2)10(14)12-3/h4-7,13H,1-3H3,(H,12,14)/t6?,7-/m1/s1. The summed E-state index contributed by atoms with van der Waals surface area (Å²) in [5.41, 5.74) is 0. The zero-order valence-electron chi connectivity index (χ0n) is 9.00. The summed E-state index contributed by atoms with van der Waals surface area (Å²) in [5, 5.41) is 5.80. The summed E-state index contributed by atoms with van der Waals surface area (Å²) >= 11 is 7.37. The molecule has 1 aromatic rings. The Kier molecular flexibility index (Phi) is 4.57. The highest BCUT2D eigenvalue weighted by Crippen LogP contribution is 2.26. The number of halogens is 1. The summed E-state index contributed by atoms with van der Waals surface area (Å²) in [6.07, 6.45) is 0. The zero-order valence-corrected chi connectivity index (χ0v) is 10.6. The lowest BCUT2D eigenvalue weighted by Crippen LogP contribution is -2.41. The molecule has 0 aliphatic carbocycles. The molecule has 5 heteroatoms. The number of nitrogens with one attached hydrogen (secondary N) is 2. The Morgan fingerprint density at radius 3 is 2.60 bits per heavy atom. The minimum absolute atomic E-state index is 0.00972. The van der Waals surface area contributed by atoms with E-state index in [9.17, 15) is 4.79 Å². The fourth-order valence-corrected chi connectivity index (χ4v) is 2.38. The number of carbonyl (C=O) groups excluding carboxylic acids is 1. The van der Waals surface area contributed by atoms with Gasteiger partial charge in [0.15, 0.2) is 0 Å². The van der Waals surface area contributed by atoms with Crippen molar-refractivity contribution in [3.8, 4) is 0 Å². The minimum Gasteiger partial charge on any atom is -0.358 e. The van der Waals surface area contributed by atoms with Crippen molar-refractivity contribution in [2.75, 3.05) is 7.05 Å². The number of hydrogen-bond acceptors (Lipinski definition) is 3. The molecular weight excluding hydrogens is 232 g/mol. The molecule has 2 N–H and O–H groups in total. The maximum atomic E-state index is 11.3. The van der Waals surface area contributed by atoms with Crippen LogP contribution in [0.15, 0.2) is 12.1 Å². The van der Waals surface area contributed by atoms with Crippen LogP contribution in [0.5, 0.6) is 0 Å². The Hall–Kier alpha value is -0.580. The van der Waals surface area contributed by atoms with Crippen molar-refractivity contribution in [3.63, 3.8) is 0 Å². The number of rotatable bonds is 4. The van der Waals surface area contributed by atoms with Gasteiger partial charge in [-0.05, 0) is 26.0 Å². The molecule has 0 radical (unpaired) electrons. The molecule has 3 nitrogen and oxygen atoms in total. The van der Waals surface area contributed by atoms with Gasteiger partial charge in [-0.3, -0.25) is 10.1 Å². The fraction of sp³-hybridized carbons (Fsp3) is 0.500. The van der Waals surface area contributed by atoms with Crippen LogP contribution in [0.25, 0.3) is 0 Å². The Bertz CT molecular complexity index is 340. The van der Waals surface area contributed by atoms with Crippen LogP contribution in [-0.4, -0.2) is 19.0 Å². The Morgan fingerprint density at radius 1 is 1.47 bits per heavy atom. The van der Waals surface area contributed by atoms with Gasteiger partial charge in [0.25, 0.3) is 0 Å². The van der Waals surface area contributed by atoms with Gasteiger partial charge in [-0.2, -0.15) is 0 Å². The number of amides is 1. The lowest BCUT2D eigenvalue weighted by Gasteiger charge is -2.17. The molecule has 0 aliphatic heterocycles. The summed E-state index contributed by atoms with van der Waals surface area (Å²) in [6, 6.07) is 3.77. The summed E-state index contributed by atoms with van der Waals surface area (Å²) in [4.78, 5) is 12.4. The molecule has 2 atom stereocenters. The molecule has 0 bridgehead atoms. The van der Waals surface area contributed by atoms with Gasteiger partial charge in [-0.15, -0.1) is 11.3 Å². The lowest BCUT2D eigenvalue weighted by molar-refractivity contribution is -0.122. The largest absolute Gasteiger partial charge is 0.358 e. The van der Waals surface area contributed by atoms with E-state index in [-0.39, 0.29) is 18.0 Å². The minimum atomic E-state index is -0.203. The second-order valence-electron chi connectivity index (χ2n) is 3.37. The predicted octanol–water partition coefficient (Wildman–Crippen LogP) is 2.19. The molecule has 1 amide bonds. The number of carbonyl (C=O) groups is 1. The molecule has 0 aromatic carbocycles. The molecular formula is C10H15ClN2OS. The van der Waals surface area contributed by atoms with E-state index in [1.54, 1.807) is 7.05 Å². The summed E-state index contributed by atoms with van der Waals surface area (Å²) in [5.74, 6) is -0.00972. The van der Waals surface area contributed by atoms with Gasteiger partial charge in [0, 0.05) is 18.0 Å². The molecule has 0 saturated carbocycles. The second kappa shape index (κ2) is 5.49. The Morgan fingerprint density at radius 2 is 2.13 bits per heavy atom. The molecule has 1 rings (SSSR count). The first kappa shape index (κ1) is 12.5. The van der Waals surface area contributed by atoms with Crippen molar-refractivity contribution in [1.82, 2.24) is 10.6 Å². The lowest BCUT2D eigenvalue weighted by atomic mass is 10.2. The maximum absolute atomic E-state index is 11.3. The van der Waals surface area contributed by atoms with Crippen LogP contribution in [0.2, 0.25) is 4.34 Å². The first-order valence-electron chi connectivity index (χ1n) is 4.77. The van der Waals surface area contributed by atoms with Crippen LogP contribution in [0, 0.1) is 0 Å². The average Bonchev–Trinajstić information content (AvgIpc) is 2.63. The molecule has 84 valence electrons. The monoisotopic (exact) mass is 246 g/mol. The van der Waals surface area contributed by atoms with Crippen molar-refractivity contribution in [2.45, 2.75) is 25.9 Å². The van der Waals surface area contributed by atoms with E-state index in [1.807, 2.05) is 26.0 Å². The van der Waals surface area contributed by atoms with E-state index in [1.165, 1.54) is 11.3 Å². The Balaban J connectivity index is 2.55. The second-order valence-corrected chi connectivity index (χ2v) is 5.11. The topological polar surface area (TPSA) is 41.1 Å². The van der Waals surface area contributed by atoms with Gasteiger partial charge in [0.1, 0.15) is 0 Å². The van der Waals surface area contributed by atoms with Crippen LogP contribution in [0.3, 0.4) is 0 Å². The third-order valence-corrected chi connectivity index (χ3v) is 3.57. The first-order valence-corrected chi connectivity index (χ1v) is 5.97. The van der Waals surface area contributed by atoms with Gasteiger partial charge in [-0.25, -0.2) is 0 Å². The van der Waals surface area contributed by atoms with E-state index < -0.39 is 0 Å². The molecule has 0 fully saturated rings. The van der Waals surface area contributed by atoms with Gasteiger partial charge >= 0.3 is 0 Å². The van der Waals surface area contributed by atoms with E-state index in [4.69, 9.17) is 11.6 Å². The normalized spacial score (nSPS) is 14.7.